The molecule has 1 unspecified atom stereocenters. The number of carbonyl (C=O) groups excluding carboxylic acids is 2. The molecular weight excluding hydrogens is 464 g/mol. The van der Waals surface area contributed by atoms with Crippen LogP contribution in [0.5, 0.6) is 5.75 Å². The molecule has 1 aromatic rings. The van der Waals surface area contributed by atoms with Crippen molar-refractivity contribution < 1.29 is 24.3 Å². The number of likely N-dealkylation sites (tertiary alicyclic amines) is 1. The van der Waals surface area contributed by atoms with E-state index in [0.717, 1.165) is 5.56 Å². The number of hydrogen-bond acceptors (Lipinski definition) is 6. The number of Topliss-reactive ketones (excluding diaryl/α,β-unsaturated/α-hetero) is 1. The quantitative estimate of drug-likeness (QED) is 0.492. The predicted molar refractivity (Wildman–Crippen MR) is 112 cm³/mol. The summed E-state index contributed by atoms with van der Waals surface area (Å²) in [5.74, 6) is -0.348. The maximum Gasteiger partial charge on any atom is 0.410 e. The highest BCUT2D eigenvalue weighted by atomic mass is 79.9. The smallest absolute Gasteiger partial charge is 0.410 e. The van der Waals surface area contributed by atoms with Gasteiger partial charge in [0, 0.05) is 24.5 Å². The summed E-state index contributed by atoms with van der Waals surface area (Å²) in [4.78, 5) is 27.1. The molecule has 0 spiro atoms. The van der Waals surface area contributed by atoms with Crippen LogP contribution < -0.4 is 4.74 Å². The van der Waals surface area contributed by atoms with Crippen LogP contribution in [0.3, 0.4) is 0 Å². The van der Waals surface area contributed by atoms with Crippen LogP contribution in [-0.2, 0) is 16.0 Å². The van der Waals surface area contributed by atoms with E-state index in [-0.39, 0.29) is 12.3 Å². The first-order valence-corrected chi connectivity index (χ1v) is 10.6. The van der Waals surface area contributed by atoms with E-state index in [1.165, 1.54) is 4.90 Å². The second-order valence-electron chi connectivity index (χ2n) is 8.24. The zero-order chi connectivity index (χ0) is 21.3. The molecule has 158 valence electrons. The number of nitrogens with zero attached hydrogens (tertiary/aromatic N) is 2. The molecule has 7 nitrogen and oxygen atoms in total. The average Bonchev–Trinajstić information content (AvgIpc) is 2.65. The van der Waals surface area contributed by atoms with E-state index >= 15 is 0 Å². The summed E-state index contributed by atoms with van der Waals surface area (Å²) >= 11 is 9.52. The van der Waals surface area contributed by atoms with Crippen LogP contribution in [0.15, 0.2) is 21.8 Å². The molecule has 1 fully saturated rings. The van der Waals surface area contributed by atoms with Gasteiger partial charge in [0.25, 0.3) is 0 Å². The molecule has 0 radical (unpaired) electrons. The number of hydrogen-bond donors (Lipinski definition) is 1. The molecule has 0 saturated carbocycles. The van der Waals surface area contributed by atoms with Gasteiger partial charge in [-0.2, -0.15) is 0 Å². The predicted octanol–water partition coefficient (Wildman–Crippen LogP) is 4.45. The third-order valence-corrected chi connectivity index (χ3v) is 5.71. The maximum atomic E-state index is 13.2. The van der Waals surface area contributed by atoms with Crippen molar-refractivity contribution in [3.05, 3.63) is 27.2 Å². The Hall–Kier alpha value is -1.80. The minimum Gasteiger partial charge on any atom is -0.481 e. The molecule has 1 saturated heterocycles. The van der Waals surface area contributed by atoms with Crippen molar-refractivity contribution in [3.8, 4) is 5.75 Å². The number of oxime groups is 1. The molecular formula is C20H24BrClN2O5. The first-order valence-electron chi connectivity index (χ1n) is 9.46. The number of ketones is 1. The zero-order valence-electron chi connectivity index (χ0n) is 16.6. The molecule has 3 rings (SSSR count). The Kier molecular flexibility index (Phi) is 6.43. The lowest BCUT2D eigenvalue weighted by molar-refractivity contribution is -0.129. The lowest BCUT2D eigenvalue weighted by atomic mass is 9.86. The Labute approximate surface area is 183 Å². The van der Waals surface area contributed by atoms with E-state index in [0.29, 0.717) is 46.8 Å². The summed E-state index contributed by atoms with van der Waals surface area (Å²) in [7, 11) is 0. The van der Waals surface area contributed by atoms with Gasteiger partial charge < -0.3 is 19.6 Å². The fourth-order valence-electron chi connectivity index (χ4n) is 3.55. The highest BCUT2D eigenvalue weighted by Gasteiger charge is 2.40. The molecule has 2 heterocycles. The average molecular weight is 488 g/mol. The van der Waals surface area contributed by atoms with Gasteiger partial charge in [-0.15, -0.1) is 0 Å². The topological polar surface area (TPSA) is 88.4 Å². The molecule has 1 N–H and O–H groups in total. The minimum absolute atomic E-state index is 0.0989. The molecule has 0 aromatic heterocycles. The normalized spacial score (nSPS) is 23.3. The van der Waals surface area contributed by atoms with E-state index in [1.54, 1.807) is 26.8 Å². The molecule has 2 atom stereocenters. The van der Waals surface area contributed by atoms with E-state index in [2.05, 4.69) is 21.1 Å². The number of piperidine rings is 1. The molecule has 0 aliphatic carbocycles. The van der Waals surface area contributed by atoms with E-state index in [4.69, 9.17) is 21.1 Å². The molecule has 1 amide bonds. The molecule has 1 aromatic carbocycles. The largest absolute Gasteiger partial charge is 0.481 e. The lowest BCUT2D eigenvalue weighted by Crippen LogP contribution is -2.51. The Morgan fingerprint density at radius 2 is 2.07 bits per heavy atom. The summed E-state index contributed by atoms with van der Waals surface area (Å²) in [5.41, 5.74) is 0.661. The van der Waals surface area contributed by atoms with Crippen molar-refractivity contribution in [2.24, 2.45) is 11.1 Å². The number of fused-ring (bicyclic) bond motifs is 1. The SMILES string of the molecule is CC(C)(C)OC(=O)N1CC/C(=N/O)C(C(=O)[C@H]2CCc3cc(Cl)cc(Br)c3O2)C1. The van der Waals surface area contributed by atoms with Gasteiger partial charge in [0.2, 0.25) is 0 Å². The summed E-state index contributed by atoms with van der Waals surface area (Å²) in [6, 6.07) is 3.55. The van der Waals surface area contributed by atoms with Crippen molar-refractivity contribution >= 4 is 45.1 Å². The number of benzene rings is 1. The third-order valence-electron chi connectivity index (χ3n) is 4.91. The molecule has 2 aliphatic heterocycles. The summed E-state index contributed by atoms with van der Waals surface area (Å²) in [6.07, 6.45) is 0.244. The van der Waals surface area contributed by atoms with Crippen LogP contribution in [0.1, 0.15) is 39.2 Å². The van der Waals surface area contributed by atoms with Gasteiger partial charge in [-0.25, -0.2) is 4.79 Å². The number of rotatable bonds is 2. The van der Waals surface area contributed by atoms with Crippen LogP contribution in [0, 0.1) is 5.92 Å². The van der Waals surface area contributed by atoms with Gasteiger partial charge in [0.05, 0.1) is 16.1 Å². The maximum absolute atomic E-state index is 13.2. The molecule has 0 bridgehead atoms. The number of aryl methyl sites for hydroxylation is 1. The zero-order valence-corrected chi connectivity index (χ0v) is 18.9. The second kappa shape index (κ2) is 8.52. The van der Waals surface area contributed by atoms with Crippen LogP contribution >= 0.6 is 27.5 Å². The highest BCUT2D eigenvalue weighted by Crippen LogP contribution is 2.38. The van der Waals surface area contributed by atoms with Crippen molar-refractivity contribution in [1.82, 2.24) is 4.90 Å². The third kappa shape index (κ3) is 5.04. The monoisotopic (exact) mass is 486 g/mol. The van der Waals surface area contributed by atoms with E-state index in [1.807, 2.05) is 6.07 Å². The minimum atomic E-state index is -0.737. The van der Waals surface area contributed by atoms with Gasteiger partial charge in [-0.1, -0.05) is 16.8 Å². The van der Waals surface area contributed by atoms with Crippen LogP contribution in [0.25, 0.3) is 0 Å². The fourth-order valence-corrected chi connectivity index (χ4v) is 4.52. The van der Waals surface area contributed by atoms with Gasteiger partial charge >= 0.3 is 6.09 Å². The Bertz CT molecular complexity index is 852. The molecule has 9 heteroatoms. The first-order chi connectivity index (χ1) is 13.6. The second-order valence-corrected chi connectivity index (χ2v) is 9.53. The van der Waals surface area contributed by atoms with Gasteiger partial charge in [-0.3, -0.25) is 4.79 Å². The number of amides is 1. The van der Waals surface area contributed by atoms with Crippen molar-refractivity contribution in [3.63, 3.8) is 0 Å². The highest BCUT2D eigenvalue weighted by molar-refractivity contribution is 9.10. The standard InChI is InChI=1S/C20H24BrClN2O5/c1-20(2,3)29-19(26)24-7-6-15(23-27)13(10-24)17(25)16-5-4-11-8-12(22)9-14(21)18(11)28-16/h8-9,13,16,27H,4-7,10H2,1-3H3/b23-15-/t13?,16-/m1/s1. The van der Waals surface area contributed by atoms with Crippen molar-refractivity contribution in [2.75, 3.05) is 13.1 Å². The molecule has 29 heavy (non-hydrogen) atoms. The van der Waals surface area contributed by atoms with Crippen molar-refractivity contribution in [2.45, 2.75) is 51.7 Å². The Morgan fingerprint density at radius 1 is 1.34 bits per heavy atom. The number of ether oxygens (including phenoxy) is 2. The van der Waals surface area contributed by atoms with Crippen LogP contribution in [-0.4, -0.2) is 52.5 Å². The van der Waals surface area contributed by atoms with Gasteiger partial charge in [-0.05, 0) is 67.2 Å². The Morgan fingerprint density at radius 3 is 2.72 bits per heavy atom. The van der Waals surface area contributed by atoms with Crippen LogP contribution in [0.4, 0.5) is 4.79 Å². The van der Waals surface area contributed by atoms with Crippen molar-refractivity contribution in [1.29, 1.82) is 0 Å². The Balaban J connectivity index is 1.76. The fraction of sp³-hybridized carbons (Fsp3) is 0.550. The first kappa shape index (κ1) is 21.9. The van der Waals surface area contributed by atoms with E-state index in [9.17, 15) is 14.8 Å². The van der Waals surface area contributed by atoms with Gasteiger partial charge in [0.1, 0.15) is 11.4 Å². The number of carbonyl (C=O) groups is 2. The van der Waals surface area contributed by atoms with Crippen LogP contribution in [0.2, 0.25) is 5.02 Å². The summed E-state index contributed by atoms with van der Waals surface area (Å²) < 4.78 is 12.1. The number of halogens is 2. The summed E-state index contributed by atoms with van der Waals surface area (Å²) in [5, 5.41) is 13.3. The van der Waals surface area contributed by atoms with E-state index < -0.39 is 23.7 Å². The summed E-state index contributed by atoms with van der Waals surface area (Å²) in [6.45, 7) is 5.79. The lowest BCUT2D eigenvalue weighted by Gasteiger charge is -2.36. The molecule has 2 aliphatic rings. The van der Waals surface area contributed by atoms with Gasteiger partial charge in [0.15, 0.2) is 11.9 Å².